The minimum atomic E-state index is 0. The van der Waals surface area contributed by atoms with Gasteiger partial charge in [-0.05, 0) is 57.0 Å². The Balaban J connectivity index is 0.00000364. The molecule has 6 nitrogen and oxygen atoms in total. The number of likely N-dealkylation sites (tertiary alicyclic amines) is 1. The summed E-state index contributed by atoms with van der Waals surface area (Å²) in [7, 11) is 1.69. The maximum absolute atomic E-state index is 6.05. The zero-order valence-corrected chi connectivity index (χ0v) is 19.0. The van der Waals surface area contributed by atoms with E-state index in [0.717, 1.165) is 45.0 Å². The normalized spacial score (nSPS) is 16.4. The molecule has 1 aromatic carbocycles. The number of nitrogens with two attached hydrogens (primary N) is 1. The van der Waals surface area contributed by atoms with Gasteiger partial charge >= 0.3 is 0 Å². The van der Waals surface area contributed by atoms with Gasteiger partial charge < -0.3 is 20.5 Å². The zero-order valence-electron chi connectivity index (χ0n) is 16.7. The van der Waals surface area contributed by atoms with Crippen LogP contribution in [0, 0.1) is 0 Å². The molecule has 27 heavy (non-hydrogen) atoms. The van der Waals surface area contributed by atoms with Crippen LogP contribution in [0.2, 0.25) is 0 Å². The molecule has 154 valence electrons. The van der Waals surface area contributed by atoms with Crippen molar-refractivity contribution in [3.05, 3.63) is 29.8 Å². The number of methoxy groups -OCH3 is 1. The van der Waals surface area contributed by atoms with E-state index in [4.69, 9.17) is 15.2 Å². The van der Waals surface area contributed by atoms with Crippen LogP contribution in [0.3, 0.4) is 0 Å². The summed E-state index contributed by atoms with van der Waals surface area (Å²) in [6.45, 7) is 7.19. The number of nitrogens with one attached hydrogen (secondary N) is 1. The molecule has 1 unspecified atom stereocenters. The molecule has 0 spiro atoms. The molecule has 1 fully saturated rings. The van der Waals surface area contributed by atoms with Crippen LogP contribution in [0.5, 0.6) is 5.75 Å². The Bertz CT molecular complexity index is 533. The van der Waals surface area contributed by atoms with E-state index in [1.54, 1.807) is 7.11 Å². The van der Waals surface area contributed by atoms with Crippen molar-refractivity contribution in [2.45, 2.75) is 38.6 Å². The maximum atomic E-state index is 6.05. The monoisotopic (exact) mass is 490 g/mol. The van der Waals surface area contributed by atoms with Gasteiger partial charge in [-0.2, -0.15) is 0 Å². The quantitative estimate of drug-likeness (QED) is 0.228. The molecular formula is C20H35IN4O2. The lowest BCUT2D eigenvalue weighted by Crippen LogP contribution is -2.37. The predicted octanol–water partition coefficient (Wildman–Crippen LogP) is 3.17. The fraction of sp³-hybridized carbons (Fsp3) is 0.650. The standard InChI is InChI=1S/C20H34N4O2.HI/c1-3-26-15-7-12-22-20(21)23-16-19(24-13-5-4-6-14-24)17-8-10-18(25-2)11-9-17;/h8-11,19H,3-7,12-16H2,1-2H3,(H3,21,22,23);1H. The molecule has 2 rings (SSSR count). The van der Waals surface area contributed by atoms with E-state index in [1.165, 1.54) is 24.8 Å². The number of guanidine groups is 1. The third-order valence-corrected chi connectivity index (χ3v) is 4.74. The SMILES string of the molecule is CCOCCCNC(N)=NCC(c1ccc(OC)cc1)N1CCCCC1.I. The Morgan fingerprint density at radius 1 is 1.22 bits per heavy atom. The first-order valence-corrected chi connectivity index (χ1v) is 9.74. The van der Waals surface area contributed by atoms with Crippen LogP contribution in [0.4, 0.5) is 0 Å². The maximum Gasteiger partial charge on any atom is 0.188 e. The van der Waals surface area contributed by atoms with Gasteiger partial charge in [0.2, 0.25) is 0 Å². The lowest BCUT2D eigenvalue weighted by Gasteiger charge is -2.34. The largest absolute Gasteiger partial charge is 0.497 e. The highest BCUT2D eigenvalue weighted by atomic mass is 127. The van der Waals surface area contributed by atoms with Crippen molar-refractivity contribution >= 4 is 29.9 Å². The second kappa shape index (κ2) is 14.0. The number of halogens is 1. The topological polar surface area (TPSA) is 72.1 Å². The van der Waals surface area contributed by atoms with E-state index >= 15 is 0 Å². The van der Waals surface area contributed by atoms with Crippen LogP contribution in [0.1, 0.15) is 44.2 Å². The van der Waals surface area contributed by atoms with E-state index in [2.05, 4.69) is 27.3 Å². The molecule has 1 aromatic rings. The Morgan fingerprint density at radius 3 is 2.56 bits per heavy atom. The Labute approximate surface area is 180 Å². The summed E-state index contributed by atoms with van der Waals surface area (Å²) < 4.78 is 10.6. The summed E-state index contributed by atoms with van der Waals surface area (Å²) in [6, 6.07) is 8.57. The van der Waals surface area contributed by atoms with Gasteiger partial charge in [-0.3, -0.25) is 9.89 Å². The number of hydrogen-bond acceptors (Lipinski definition) is 4. The molecule has 7 heteroatoms. The van der Waals surface area contributed by atoms with Gasteiger partial charge in [0.15, 0.2) is 5.96 Å². The molecule has 3 N–H and O–H groups in total. The fourth-order valence-electron chi connectivity index (χ4n) is 3.26. The number of hydrogen-bond donors (Lipinski definition) is 2. The van der Waals surface area contributed by atoms with E-state index < -0.39 is 0 Å². The highest BCUT2D eigenvalue weighted by molar-refractivity contribution is 14.0. The van der Waals surface area contributed by atoms with Crippen molar-refractivity contribution in [3.8, 4) is 5.75 Å². The predicted molar refractivity (Wildman–Crippen MR) is 122 cm³/mol. The van der Waals surface area contributed by atoms with Gasteiger partial charge in [0, 0.05) is 19.8 Å². The zero-order chi connectivity index (χ0) is 18.6. The molecular weight excluding hydrogens is 455 g/mol. The van der Waals surface area contributed by atoms with Crippen LogP contribution in [-0.2, 0) is 4.74 Å². The number of ether oxygens (including phenoxy) is 2. The molecule has 0 amide bonds. The Morgan fingerprint density at radius 2 is 1.93 bits per heavy atom. The molecule has 1 atom stereocenters. The smallest absolute Gasteiger partial charge is 0.188 e. The summed E-state index contributed by atoms with van der Waals surface area (Å²) in [5.41, 5.74) is 7.31. The van der Waals surface area contributed by atoms with Crippen molar-refractivity contribution in [1.82, 2.24) is 10.2 Å². The lowest BCUT2D eigenvalue weighted by molar-refractivity contribution is 0.145. The molecule has 0 bridgehead atoms. The number of nitrogens with zero attached hydrogens (tertiary/aromatic N) is 2. The van der Waals surface area contributed by atoms with Crippen molar-refractivity contribution in [3.63, 3.8) is 0 Å². The molecule has 0 saturated carbocycles. The van der Waals surface area contributed by atoms with Crippen molar-refractivity contribution in [2.75, 3.05) is 46.5 Å². The average Bonchev–Trinajstić information content (AvgIpc) is 2.69. The minimum Gasteiger partial charge on any atom is -0.497 e. The summed E-state index contributed by atoms with van der Waals surface area (Å²) >= 11 is 0. The highest BCUT2D eigenvalue weighted by Crippen LogP contribution is 2.26. The van der Waals surface area contributed by atoms with Crippen molar-refractivity contribution in [1.29, 1.82) is 0 Å². The van der Waals surface area contributed by atoms with Crippen molar-refractivity contribution < 1.29 is 9.47 Å². The van der Waals surface area contributed by atoms with Crippen LogP contribution in [0.25, 0.3) is 0 Å². The Hall–Kier alpha value is -1.06. The second-order valence-electron chi connectivity index (χ2n) is 6.59. The molecule has 0 aliphatic carbocycles. The van der Waals surface area contributed by atoms with E-state index in [9.17, 15) is 0 Å². The molecule has 1 heterocycles. The lowest BCUT2D eigenvalue weighted by atomic mass is 10.0. The fourth-order valence-corrected chi connectivity index (χ4v) is 3.26. The van der Waals surface area contributed by atoms with Gasteiger partial charge in [-0.1, -0.05) is 18.6 Å². The van der Waals surface area contributed by atoms with Crippen LogP contribution >= 0.6 is 24.0 Å². The van der Waals surface area contributed by atoms with Crippen molar-refractivity contribution in [2.24, 2.45) is 10.7 Å². The third kappa shape index (κ3) is 8.66. The number of aliphatic imine (C=N–C) groups is 1. The van der Waals surface area contributed by atoms with Gasteiger partial charge in [0.1, 0.15) is 5.75 Å². The first-order valence-electron chi connectivity index (χ1n) is 9.74. The van der Waals surface area contributed by atoms with Gasteiger partial charge in [0.25, 0.3) is 0 Å². The van der Waals surface area contributed by atoms with Gasteiger partial charge in [-0.15, -0.1) is 24.0 Å². The summed E-state index contributed by atoms with van der Waals surface area (Å²) in [6.07, 6.45) is 4.75. The second-order valence-corrected chi connectivity index (χ2v) is 6.59. The minimum absolute atomic E-state index is 0. The number of rotatable bonds is 10. The summed E-state index contributed by atoms with van der Waals surface area (Å²) in [5, 5.41) is 3.18. The molecule has 0 aromatic heterocycles. The third-order valence-electron chi connectivity index (χ3n) is 4.74. The highest BCUT2D eigenvalue weighted by Gasteiger charge is 2.22. The number of benzene rings is 1. The van der Waals surface area contributed by atoms with Gasteiger partial charge in [0.05, 0.1) is 19.7 Å². The van der Waals surface area contributed by atoms with Crippen LogP contribution < -0.4 is 15.8 Å². The molecule has 0 radical (unpaired) electrons. The van der Waals surface area contributed by atoms with E-state index in [1.807, 2.05) is 19.1 Å². The molecule has 1 saturated heterocycles. The number of piperidine rings is 1. The summed E-state index contributed by atoms with van der Waals surface area (Å²) in [4.78, 5) is 7.13. The summed E-state index contributed by atoms with van der Waals surface area (Å²) in [5.74, 6) is 1.39. The average molecular weight is 490 g/mol. The van der Waals surface area contributed by atoms with Gasteiger partial charge in [-0.25, -0.2) is 0 Å². The van der Waals surface area contributed by atoms with E-state index in [-0.39, 0.29) is 30.0 Å². The van der Waals surface area contributed by atoms with E-state index in [0.29, 0.717) is 12.5 Å². The molecule has 1 aliphatic rings. The first kappa shape index (κ1) is 24.0. The van der Waals surface area contributed by atoms with Crippen LogP contribution in [0.15, 0.2) is 29.3 Å². The van der Waals surface area contributed by atoms with Crippen LogP contribution in [-0.4, -0.2) is 57.4 Å². The molecule has 1 aliphatic heterocycles. The first-order chi connectivity index (χ1) is 12.7. The Kier molecular flexibility index (Phi) is 12.4.